The second-order valence-electron chi connectivity index (χ2n) is 5.59. The van der Waals surface area contributed by atoms with Gasteiger partial charge in [-0.15, -0.1) is 0 Å². The first-order valence-corrected chi connectivity index (χ1v) is 9.61. The fourth-order valence-electron chi connectivity index (χ4n) is 2.02. The molecule has 5 nitrogen and oxygen atoms in total. The standard InChI is InChI=1S/C13H20N2O3S2/c1-19-13(6-7-13)9-15-20(16,17)12-5-4-11(18-12)8-14-10-2-3-10/h4-5,10,14-15H,2-3,6-9H2,1H3. The van der Waals surface area contributed by atoms with Gasteiger partial charge in [-0.05, 0) is 44.1 Å². The molecule has 2 aliphatic carbocycles. The zero-order valence-corrected chi connectivity index (χ0v) is 13.1. The zero-order valence-electron chi connectivity index (χ0n) is 11.5. The molecule has 1 aromatic heterocycles. The lowest BCUT2D eigenvalue weighted by Crippen LogP contribution is -2.31. The van der Waals surface area contributed by atoms with Crippen LogP contribution in [0.1, 0.15) is 31.4 Å². The Balaban J connectivity index is 1.58. The second kappa shape index (κ2) is 5.36. The van der Waals surface area contributed by atoms with Crippen LogP contribution in [-0.4, -0.2) is 32.0 Å². The fraction of sp³-hybridized carbons (Fsp3) is 0.692. The van der Waals surface area contributed by atoms with Crippen LogP contribution in [-0.2, 0) is 16.6 Å². The summed E-state index contributed by atoms with van der Waals surface area (Å²) in [5.74, 6) is 0.670. The van der Waals surface area contributed by atoms with Crippen LogP contribution in [0.4, 0.5) is 0 Å². The van der Waals surface area contributed by atoms with Gasteiger partial charge >= 0.3 is 0 Å². The van der Waals surface area contributed by atoms with Crippen molar-refractivity contribution in [3.8, 4) is 0 Å². The van der Waals surface area contributed by atoms with Crippen LogP contribution in [0.2, 0.25) is 0 Å². The maximum Gasteiger partial charge on any atom is 0.274 e. The Morgan fingerprint density at radius 3 is 2.75 bits per heavy atom. The lowest BCUT2D eigenvalue weighted by molar-refractivity contribution is 0.399. The molecule has 1 aromatic rings. The topological polar surface area (TPSA) is 71.3 Å². The number of rotatable bonds is 8. The number of thioether (sulfide) groups is 1. The van der Waals surface area contributed by atoms with Crippen LogP contribution in [0.15, 0.2) is 21.6 Å². The summed E-state index contributed by atoms with van der Waals surface area (Å²) >= 11 is 1.73. The minimum absolute atomic E-state index is 0.0157. The molecule has 0 saturated heterocycles. The number of furan rings is 1. The predicted molar refractivity (Wildman–Crippen MR) is 79.2 cm³/mol. The molecule has 0 bridgehead atoms. The third-order valence-electron chi connectivity index (χ3n) is 3.87. The predicted octanol–water partition coefficient (Wildman–Crippen LogP) is 1.71. The van der Waals surface area contributed by atoms with Gasteiger partial charge in [0, 0.05) is 17.3 Å². The Morgan fingerprint density at radius 2 is 2.15 bits per heavy atom. The van der Waals surface area contributed by atoms with Crippen LogP contribution in [0.25, 0.3) is 0 Å². The molecular weight excluding hydrogens is 296 g/mol. The maximum absolute atomic E-state index is 12.2. The largest absolute Gasteiger partial charge is 0.447 e. The lowest BCUT2D eigenvalue weighted by Gasteiger charge is -2.12. The molecular formula is C13H20N2O3S2. The van der Waals surface area contributed by atoms with Gasteiger partial charge < -0.3 is 9.73 Å². The number of nitrogens with one attached hydrogen (secondary N) is 2. The van der Waals surface area contributed by atoms with E-state index in [-0.39, 0.29) is 9.84 Å². The maximum atomic E-state index is 12.2. The second-order valence-corrected chi connectivity index (χ2v) is 8.56. The van der Waals surface area contributed by atoms with Gasteiger partial charge in [0.25, 0.3) is 10.0 Å². The number of sulfonamides is 1. The van der Waals surface area contributed by atoms with E-state index < -0.39 is 10.0 Å². The summed E-state index contributed by atoms with van der Waals surface area (Å²) < 4.78 is 32.5. The molecule has 2 N–H and O–H groups in total. The molecule has 20 heavy (non-hydrogen) atoms. The van der Waals surface area contributed by atoms with Crippen LogP contribution in [0.3, 0.4) is 0 Å². The molecule has 0 aliphatic heterocycles. The molecule has 7 heteroatoms. The highest BCUT2D eigenvalue weighted by Crippen LogP contribution is 2.46. The van der Waals surface area contributed by atoms with Gasteiger partial charge in [-0.2, -0.15) is 11.8 Å². The van der Waals surface area contributed by atoms with Crippen molar-refractivity contribution in [2.45, 2.75) is 48.1 Å². The smallest absolute Gasteiger partial charge is 0.274 e. The highest BCUT2D eigenvalue weighted by Gasteiger charge is 2.42. The van der Waals surface area contributed by atoms with E-state index in [4.69, 9.17) is 4.42 Å². The SMILES string of the molecule is CSC1(CNS(=O)(=O)c2ccc(CNC3CC3)o2)CC1. The normalized spacial score (nSPS) is 21.1. The van der Waals surface area contributed by atoms with E-state index in [1.807, 2.05) is 6.26 Å². The van der Waals surface area contributed by atoms with E-state index in [0.717, 1.165) is 12.8 Å². The van der Waals surface area contributed by atoms with Crippen molar-refractivity contribution in [2.75, 3.05) is 12.8 Å². The minimum atomic E-state index is -3.52. The Hall–Kier alpha value is -0.500. The number of hydrogen-bond acceptors (Lipinski definition) is 5. The van der Waals surface area contributed by atoms with Crippen molar-refractivity contribution >= 4 is 21.8 Å². The Morgan fingerprint density at radius 1 is 1.40 bits per heavy atom. The average molecular weight is 316 g/mol. The molecule has 0 unspecified atom stereocenters. The minimum Gasteiger partial charge on any atom is -0.447 e. The third kappa shape index (κ3) is 3.39. The summed E-state index contributed by atoms with van der Waals surface area (Å²) in [5, 5.41) is 3.32. The van der Waals surface area contributed by atoms with Crippen molar-refractivity contribution in [1.29, 1.82) is 0 Å². The molecule has 112 valence electrons. The Labute approximate surface area is 123 Å². The highest BCUT2D eigenvalue weighted by molar-refractivity contribution is 8.00. The molecule has 2 aliphatic rings. The van der Waals surface area contributed by atoms with Crippen molar-refractivity contribution in [1.82, 2.24) is 10.0 Å². The molecule has 2 fully saturated rings. The molecule has 3 rings (SSSR count). The summed E-state index contributed by atoms with van der Waals surface area (Å²) in [6.45, 7) is 1.07. The quantitative estimate of drug-likeness (QED) is 0.764. The first-order valence-electron chi connectivity index (χ1n) is 6.90. The first kappa shape index (κ1) is 14.4. The molecule has 0 spiro atoms. The fourth-order valence-corrected chi connectivity index (χ4v) is 3.91. The van der Waals surface area contributed by atoms with Gasteiger partial charge in [-0.25, -0.2) is 13.1 Å². The van der Waals surface area contributed by atoms with E-state index in [1.54, 1.807) is 17.8 Å². The average Bonchev–Trinajstić information content (AvgIpc) is 3.35. The van der Waals surface area contributed by atoms with Gasteiger partial charge in [-0.1, -0.05) is 0 Å². The molecule has 2 saturated carbocycles. The monoisotopic (exact) mass is 316 g/mol. The van der Waals surface area contributed by atoms with Crippen molar-refractivity contribution in [3.05, 3.63) is 17.9 Å². The van der Waals surface area contributed by atoms with E-state index in [1.165, 1.54) is 18.9 Å². The summed E-state index contributed by atoms with van der Waals surface area (Å²) in [5.41, 5.74) is 0. The Kier molecular flexibility index (Phi) is 3.87. The van der Waals surface area contributed by atoms with Gasteiger partial charge in [0.15, 0.2) is 0 Å². The molecule has 0 amide bonds. The summed E-state index contributed by atoms with van der Waals surface area (Å²) in [6.07, 6.45) is 6.57. The number of hydrogen-bond donors (Lipinski definition) is 2. The molecule has 0 radical (unpaired) electrons. The molecule has 0 aromatic carbocycles. The third-order valence-corrected chi connectivity index (χ3v) is 6.56. The van der Waals surface area contributed by atoms with E-state index in [9.17, 15) is 8.42 Å². The van der Waals surface area contributed by atoms with Crippen molar-refractivity contribution in [3.63, 3.8) is 0 Å². The Bertz CT molecular complexity index is 574. The van der Waals surface area contributed by atoms with Gasteiger partial charge in [0.2, 0.25) is 5.09 Å². The first-order chi connectivity index (χ1) is 9.53. The van der Waals surface area contributed by atoms with Gasteiger partial charge in [0.1, 0.15) is 5.76 Å². The lowest BCUT2D eigenvalue weighted by atomic mass is 10.4. The summed E-state index contributed by atoms with van der Waals surface area (Å²) in [6, 6.07) is 3.84. The summed E-state index contributed by atoms with van der Waals surface area (Å²) in [7, 11) is -3.52. The highest BCUT2D eigenvalue weighted by atomic mass is 32.2. The zero-order chi connectivity index (χ0) is 14.2. The van der Waals surface area contributed by atoms with E-state index in [2.05, 4.69) is 10.0 Å². The van der Waals surface area contributed by atoms with E-state index >= 15 is 0 Å². The van der Waals surface area contributed by atoms with Crippen molar-refractivity contribution in [2.24, 2.45) is 0 Å². The molecule has 0 atom stereocenters. The van der Waals surface area contributed by atoms with Gasteiger partial charge in [0.05, 0.1) is 6.54 Å². The van der Waals surface area contributed by atoms with Crippen LogP contribution >= 0.6 is 11.8 Å². The van der Waals surface area contributed by atoms with Crippen molar-refractivity contribution < 1.29 is 12.8 Å². The van der Waals surface area contributed by atoms with Crippen LogP contribution in [0.5, 0.6) is 0 Å². The van der Waals surface area contributed by atoms with Crippen LogP contribution < -0.4 is 10.0 Å². The van der Waals surface area contributed by atoms with Crippen LogP contribution in [0, 0.1) is 0 Å². The summed E-state index contributed by atoms with van der Waals surface area (Å²) in [4.78, 5) is 0. The van der Waals surface area contributed by atoms with E-state index in [0.29, 0.717) is 24.9 Å². The molecule has 1 heterocycles. The van der Waals surface area contributed by atoms with Gasteiger partial charge in [-0.3, -0.25) is 0 Å².